The van der Waals surface area contributed by atoms with Gasteiger partial charge in [0.15, 0.2) is 0 Å². The van der Waals surface area contributed by atoms with Crippen molar-refractivity contribution in [1.82, 2.24) is 10.6 Å². The van der Waals surface area contributed by atoms with E-state index in [4.69, 9.17) is 5.11 Å². The molecule has 1 saturated heterocycles. The molecule has 0 radical (unpaired) electrons. The van der Waals surface area contributed by atoms with Crippen LogP contribution in [-0.2, 0) is 14.4 Å². The lowest BCUT2D eigenvalue weighted by molar-refractivity contribution is -0.135. The molecular weight excluding hydrogens is 188 g/mol. The monoisotopic (exact) mass is 198 g/mol. The molecular formula is C8H10N2O4. The summed E-state index contributed by atoms with van der Waals surface area (Å²) >= 11 is 0. The number of carbonyl (C=O) groups is 3. The highest BCUT2D eigenvalue weighted by atomic mass is 16.4. The molecule has 14 heavy (non-hydrogen) atoms. The summed E-state index contributed by atoms with van der Waals surface area (Å²) in [5.41, 5.74) is 0. The van der Waals surface area contributed by atoms with Gasteiger partial charge >= 0.3 is 5.97 Å². The highest BCUT2D eigenvalue weighted by Gasteiger charge is 2.25. The van der Waals surface area contributed by atoms with Crippen LogP contribution < -0.4 is 10.6 Å². The zero-order valence-electron chi connectivity index (χ0n) is 7.32. The van der Waals surface area contributed by atoms with Gasteiger partial charge < -0.3 is 10.4 Å². The third-order valence-corrected chi connectivity index (χ3v) is 1.76. The van der Waals surface area contributed by atoms with E-state index in [-0.39, 0.29) is 12.3 Å². The van der Waals surface area contributed by atoms with Crippen LogP contribution in [-0.4, -0.2) is 28.9 Å². The van der Waals surface area contributed by atoms with Gasteiger partial charge in [-0.25, -0.2) is 4.79 Å². The first kappa shape index (κ1) is 10.2. The molecule has 1 fully saturated rings. The van der Waals surface area contributed by atoms with Gasteiger partial charge in [-0.1, -0.05) is 0 Å². The zero-order valence-corrected chi connectivity index (χ0v) is 7.32. The van der Waals surface area contributed by atoms with Crippen molar-refractivity contribution in [2.75, 3.05) is 0 Å². The van der Waals surface area contributed by atoms with Gasteiger partial charge in [-0.3, -0.25) is 14.9 Å². The van der Waals surface area contributed by atoms with E-state index in [0.717, 1.165) is 6.08 Å². The van der Waals surface area contributed by atoms with Crippen LogP contribution >= 0.6 is 0 Å². The maximum atomic E-state index is 11.1. The molecule has 6 heteroatoms. The molecule has 0 aromatic heterocycles. The van der Waals surface area contributed by atoms with Crippen molar-refractivity contribution in [2.24, 2.45) is 0 Å². The first-order valence-corrected chi connectivity index (χ1v) is 4.09. The van der Waals surface area contributed by atoms with Crippen LogP contribution in [0.5, 0.6) is 0 Å². The lowest BCUT2D eigenvalue weighted by atomic mass is 10.1. The van der Waals surface area contributed by atoms with E-state index in [2.05, 4.69) is 10.6 Å². The maximum Gasteiger partial charge on any atom is 0.329 e. The van der Waals surface area contributed by atoms with Crippen LogP contribution in [0.2, 0.25) is 0 Å². The Morgan fingerprint density at radius 2 is 2.29 bits per heavy atom. The highest BCUT2D eigenvalue weighted by molar-refractivity contribution is 6.00. The van der Waals surface area contributed by atoms with Crippen molar-refractivity contribution >= 4 is 17.8 Å². The average molecular weight is 198 g/mol. The molecule has 6 nitrogen and oxygen atoms in total. The number of hydrogen-bond donors (Lipinski definition) is 3. The summed E-state index contributed by atoms with van der Waals surface area (Å²) in [5.74, 6) is -1.81. The molecule has 1 rings (SSSR count). The van der Waals surface area contributed by atoms with E-state index in [1.54, 1.807) is 0 Å². The number of amides is 2. The Labute approximate surface area is 80.0 Å². The van der Waals surface area contributed by atoms with Gasteiger partial charge in [-0.2, -0.15) is 0 Å². The lowest BCUT2D eigenvalue weighted by Gasteiger charge is -2.20. The smallest absolute Gasteiger partial charge is 0.329 e. The molecule has 0 aliphatic carbocycles. The minimum Gasteiger partial charge on any atom is -0.478 e. The fraction of sp³-hybridized carbons (Fsp3) is 0.375. The third kappa shape index (κ3) is 2.89. The summed E-state index contributed by atoms with van der Waals surface area (Å²) in [6, 6.07) is -0.525. The number of imide groups is 1. The number of aliphatic carboxylic acids is 1. The summed E-state index contributed by atoms with van der Waals surface area (Å²) in [6.07, 6.45) is 2.73. The standard InChI is InChI=1S/C8H10N2O4/c11-6-2-1-5(8(14)10-6)9-4-3-7(12)13/h3-5,9H,1-2H2,(H,12,13)(H,10,11,14)/b4-3+. The number of carbonyl (C=O) groups excluding carboxylic acids is 2. The molecule has 0 saturated carbocycles. The predicted molar refractivity (Wildman–Crippen MR) is 46.1 cm³/mol. The molecule has 1 heterocycles. The number of hydrogen-bond acceptors (Lipinski definition) is 4. The van der Waals surface area contributed by atoms with Crippen LogP contribution in [0, 0.1) is 0 Å². The molecule has 1 unspecified atom stereocenters. The van der Waals surface area contributed by atoms with Crippen molar-refractivity contribution in [3.05, 3.63) is 12.3 Å². The Balaban J connectivity index is 2.42. The topological polar surface area (TPSA) is 95.5 Å². The van der Waals surface area contributed by atoms with Crippen molar-refractivity contribution in [2.45, 2.75) is 18.9 Å². The normalized spacial score (nSPS) is 22.1. The van der Waals surface area contributed by atoms with Gasteiger partial charge in [0, 0.05) is 18.7 Å². The molecule has 0 aromatic rings. The predicted octanol–water partition coefficient (Wildman–Crippen LogP) is -1.02. The first-order valence-electron chi connectivity index (χ1n) is 4.09. The summed E-state index contributed by atoms with van der Waals surface area (Å²) < 4.78 is 0. The van der Waals surface area contributed by atoms with Gasteiger partial charge in [0.05, 0.1) is 0 Å². The number of carboxylic acids is 1. The van der Waals surface area contributed by atoms with Gasteiger partial charge in [-0.15, -0.1) is 0 Å². The number of rotatable bonds is 3. The quantitative estimate of drug-likeness (QED) is 0.398. The average Bonchev–Trinajstić information content (AvgIpc) is 2.08. The molecule has 1 atom stereocenters. The molecule has 0 spiro atoms. The second-order valence-electron chi connectivity index (χ2n) is 2.84. The number of piperidine rings is 1. The second kappa shape index (κ2) is 4.40. The number of nitrogens with one attached hydrogen (secondary N) is 2. The highest BCUT2D eigenvalue weighted by Crippen LogP contribution is 2.03. The van der Waals surface area contributed by atoms with Crippen molar-refractivity contribution in [1.29, 1.82) is 0 Å². The molecule has 2 amide bonds. The van der Waals surface area contributed by atoms with Crippen LogP contribution in [0.15, 0.2) is 12.3 Å². The SMILES string of the molecule is O=C(O)/C=C/NC1CCC(=O)NC1=O. The summed E-state index contributed by atoms with van der Waals surface area (Å²) in [6.45, 7) is 0. The minimum absolute atomic E-state index is 0.268. The fourth-order valence-corrected chi connectivity index (χ4v) is 1.09. The van der Waals surface area contributed by atoms with Gasteiger partial charge in [-0.05, 0) is 6.42 Å². The third-order valence-electron chi connectivity index (χ3n) is 1.76. The lowest BCUT2D eigenvalue weighted by Crippen LogP contribution is -2.49. The van der Waals surface area contributed by atoms with Crippen LogP contribution in [0.1, 0.15) is 12.8 Å². The summed E-state index contributed by atoms with van der Waals surface area (Å²) in [4.78, 5) is 31.9. The Morgan fingerprint density at radius 1 is 1.57 bits per heavy atom. The van der Waals surface area contributed by atoms with Crippen molar-refractivity contribution < 1.29 is 19.5 Å². The molecule has 3 N–H and O–H groups in total. The first-order chi connectivity index (χ1) is 6.59. The summed E-state index contributed by atoms with van der Waals surface area (Å²) in [7, 11) is 0. The van der Waals surface area contributed by atoms with E-state index in [1.165, 1.54) is 6.20 Å². The Bertz CT molecular complexity index is 298. The van der Waals surface area contributed by atoms with E-state index in [1.807, 2.05) is 0 Å². The summed E-state index contributed by atoms with van der Waals surface area (Å²) in [5, 5.41) is 13.0. The molecule has 1 aliphatic heterocycles. The second-order valence-corrected chi connectivity index (χ2v) is 2.84. The van der Waals surface area contributed by atoms with E-state index in [0.29, 0.717) is 6.42 Å². The molecule has 0 aromatic carbocycles. The van der Waals surface area contributed by atoms with E-state index in [9.17, 15) is 14.4 Å². The van der Waals surface area contributed by atoms with E-state index >= 15 is 0 Å². The largest absolute Gasteiger partial charge is 0.478 e. The van der Waals surface area contributed by atoms with Crippen molar-refractivity contribution in [3.63, 3.8) is 0 Å². The minimum atomic E-state index is -1.09. The molecule has 0 bridgehead atoms. The van der Waals surface area contributed by atoms with Gasteiger partial charge in [0.2, 0.25) is 11.8 Å². The number of carboxylic acid groups (broad SMARTS) is 1. The van der Waals surface area contributed by atoms with Crippen LogP contribution in [0.25, 0.3) is 0 Å². The Kier molecular flexibility index (Phi) is 3.22. The van der Waals surface area contributed by atoms with Gasteiger partial charge in [0.25, 0.3) is 0 Å². The van der Waals surface area contributed by atoms with Crippen LogP contribution in [0.4, 0.5) is 0 Å². The van der Waals surface area contributed by atoms with Crippen molar-refractivity contribution in [3.8, 4) is 0 Å². The van der Waals surface area contributed by atoms with Crippen LogP contribution in [0.3, 0.4) is 0 Å². The van der Waals surface area contributed by atoms with Gasteiger partial charge in [0.1, 0.15) is 6.04 Å². The maximum absolute atomic E-state index is 11.1. The fourth-order valence-electron chi connectivity index (χ4n) is 1.09. The Morgan fingerprint density at radius 3 is 2.86 bits per heavy atom. The zero-order chi connectivity index (χ0) is 10.6. The van der Waals surface area contributed by atoms with E-state index < -0.39 is 17.9 Å². The molecule has 1 aliphatic rings. The Hall–Kier alpha value is -1.85. The molecule has 76 valence electrons.